The number of nitrogens with zero attached hydrogens (tertiary/aromatic N) is 5. The molecule has 2 saturated heterocycles. The van der Waals surface area contributed by atoms with E-state index in [-0.39, 0.29) is 6.03 Å². The summed E-state index contributed by atoms with van der Waals surface area (Å²) in [5.74, 6) is 2.49. The minimum absolute atomic E-state index is 0.00413. The third-order valence-corrected chi connectivity index (χ3v) is 6.73. The number of rotatable bonds is 11. The Morgan fingerprint density at radius 2 is 2.00 bits per heavy atom. The molecule has 9 nitrogen and oxygen atoms in total. The molecule has 2 aromatic rings. The maximum atomic E-state index is 11.6. The maximum absolute atomic E-state index is 11.6. The van der Waals surface area contributed by atoms with Gasteiger partial charge in [0.2, 0.25) is 0 Å². The molecule has 2 aliphatic rings. The van der Waals surface area contributed by atoms with Crippen LogP contribution in [0.4, 0.5) is 4.79 Å². The van der Waals surface area contributed by atoms with Crippen LogP contribution in [0, 0.1) is 12.8 Å². The van der Waals surface area contributed by atoms with Gasteiger partial charge < -0.3 is 24.6 Å². The molecule has 0 radical (unpaired) electrons. The first-order valence-electron chi connectivity index (χ1n) is 12.7. The van der Waals surface area contributed by atoms with Crippen LogP contribution in [0.3, 0.4) is 0 Å². The van der Waals surface area contributed by atoms with E-state index < -0.39 is 0 Å². The minimum Gasteiger partial charge on any atom is -0.488 e. The Kier molecular flexibility index (Phi) is 8.74. The highest BCUT2D eigenvalue weighted by Crippen LogP contribution is 2.26. The van der Waals surface area contributed by atoms with Crippen molar-refractivity contribution in [2.24, 2.45) is 5.92 Å². The Morgan fingerprint density at radius 1 is 1.20 bits per heavy atom. The monoisotopic (exact) mass is 482 g/mol. The number of aromatic nitrogens is 3. The summed E-state index contributed by atoms with van der Waals surface area (Å²) in [7, 11) is 3.29. The highest BCUT2D eigenvalue weighted by atomic mass is 16.5. The molecule has 0 unspecified atom stereocenters. The van der Waals surface area contributed by atoms with Gasteiger partial charge in [-0.05, 0) is 75.7 Å². The van der Waals surface area contributed by atoms with Gasteiger partial charge in [-0.2, -0.15) is 0 Å². The number of amides is 2. The molecule has 4 rings (SSSR count). The second kappa shape index (κ2) is 12.2. The fourth-order valence-electron chi connectivity index (χ4n) is 4.82. The number of urea groups is 1. The molecular weight excluding hydrogens is 444 g/mol. The minimum atomic E-state index is 0.00413. The number of likely N-dealkylation sites (tertiary alicyclic amines) is 2. The zero-order chi connectivity index (χ0) is 24.6. The second-order valence-electron chi connectivity index (χ2n) is 9.56. The van der Waals surface area contributed by atoms with Crippen molar-refractivity contribution in [1.82, 2.24) is 30.1 Å². The van der Waals surface area contributed by atoms with Crippen molar-refractivity contribution in [3.8, 4) is 11.6 Å². The molecule has 2 fully saturated rings. The van der Waals surface area contributed by atoms with Gasteiger partial charge in [0.25, 0.3) is 5.88 Å². The maximum Gasteiger partial charge on any atom is 0.317 e. The molecule has 0 aliphatic carbocycles. The first-order valence-corrected chi connectivity index (χ1v) is 12.7. The molecule has 0 aromatic carbocycles. The molecule has 0 saturated carbocycles. The van der Waals surface area contributed by atoms with Crippen LogP contribution in [0.15, 0.2) is 18.3 Å². The van der Waals surface area contributed by atoms with Gasteiger partial charge in [0.15, 0.2) is 5.75 Å². The zero-order valence-corrected chi connectivity index (χ0v) is 21.3. The first kappa shape index (κ1) is 25.2. The molecule has 1 N–H and O–H groups in total. The van der Waals surface area contributed by atoms with Gasteiger partial charge in [-0.25, -0.2) is 19.7 Å². The number of nitrogens with one attached hydrogen (secondary N) is 1. The van der Waals surface area contributed by atoms with Crippen molar-refractivity contribution in [1.29, 1.82) is 0 Å². The number of pyridine rings is 1. The predicted octanol–water partition coefficient (Wildman–Crippen LogP) is 2.85. The molecule has 0 spiro atoms. The fourth-order valence-corrected chi connectivity index (χ4v) is 4.82. The van der Waals surface area contributed by atoms with Crippen molar-refractivity contribution in [3.63, 3.8) is 0 Å². The smallest absolute Gasteiger partial charge is 0.317 e. The molecule has 0 atom stereocenters. The third kappa shape index (κ3) is 7.04. The number of carbonyl (C=O) groups excluding carboxylic acids is 1. The molecule has 2 amide bonds. The van der Waals surface area contributed by atoms with Crippen LogP contribution < -0.4 is 14.8 Å². The topological polar surface area (TPSA) is 92.7 Å². The van der Waals surface area contributed by atoms with E-state index in [1.54, 1.807) is 14.2 Å². The summed E-state index contributed by atoms with van der Waals surface area (Å²) in [6, 6.07) is 4.05. The Hall–Kier alpha value is -2.94. The van der Waals surface area contributed by atoms with Crippen molar-refractivity contribution < 1.29 is 14.3 Å². The largest absolute Gasteiger partial charge is 0.488 e. The van der Waals surface area contributed by atoms with Gasteiger partial charge in [-0.15, -0.1) is 0 Å². The van der Waals surface area contributed by atoms with Crippen molar-refractivity contribution in [2.45, 2.75) is 45.4 Å². The van der Waals surface area contributed by atoms with Crippen LogP contribution >= 0.6 is 0 Å². The fraction of sp³-hybridized carbons (Fsp3) is 0.615. The third-order valence-electron chi connectivity index (χ3n) is 6.73. The number of hydrogen-bond acceptors (Lipinski definition) is 7. The van der Waals surface area contributed by atoms with E-state index in [4.69, 9.17) is 14.5 Å². The highest BCUT2D eigenvalue weighted by Gasteiger charge is 2.29. The van der Waals surface area contributed by atoms with Crippen LogP contribution in [0.1, 0.15) is 48.5 Å². The van der Waals surface area contributed by atoms with Gasteiger partial charge in [-0.3, -0.25) is 0 Å². The van der Waals surface area contributed by atoms with Crippen LogP contribution in [-0.4, -0.2) is 84.3 Å². The lowest BCUT2D eigenvalue weighted by atomic mass is 9.94. The summed E-state index contributed by atoms with van der Waals surface area (Å²) in [4.78, 5) is 29.9. The van der Waals surface area contributed by atoms with Gasteiger partial charge in [-0.1, -0.05) is 0 Å². The van der Waals surface area contributed by atoms with E-state index in [9.17, 15) is 4.79 Å². The second-order valence-corrected chi connectivity index (χ2v) is 9.56. The molecule has 35 heavy (non-hydrogen) atoms. The highest BCUT2D eigenvalue weighted by molar-refractivity contribution is 5.74. The summed E-state index contributed by atoms with van der Waals surface area (Å²) in [5.41, 5.74) is 3.01. The Bertz CT molecular complexity index is 989. The first-order chi connectivity index (χ1) is 17.0. The predicted molar refractivity (Wildman–Crippen MR) is 134 cm³/mol. The number of aryl methyl sites for hydroxylation is 2. The van der Waals surface area contributed by atoms with E-state index >= 15 is 0 Å². The summed E-state index contributed by atoms with van der Waals surface area (Å²) in [5, 5.41) is 2.68. The van der Waals surface area contributed by atoms with E-state index in [0.717, 1.165) is 61.7 Å². The SMILES string of the molecule is CNC(=O)N1CC(CCc2cc(C)nc(Cc3cnc(OC)c(OCCCN4CCCC4)c3)n2)C1. The normalized spacial score (nSPS) is 16.3. The summed E-state index contributed by atoms with van der Waals surface area (Å²) < 4.78 is 11.5. The van der Waals surface area contributed by atoms with E-state index in [0.29, 0.717) is 30.6 Å². The number of carbonyl (C=O) groups is 1. The summed E-state index contributed by atoms with van der Waals surface area (Å²) in [6.45, 7) is 7.75. The Balaban J connectivity index is 1.31. The van der Waals surface area contributed by atoms with Crippen LogP contribution in [0.5, 0.6) is 11.6 Å². The number of methoxy groups -OCH3 is 1. The Labute approximate surface area is 208 Å². The van der Waals surface area contributed by atoms with Gasteiger partial charge in [0.1, 0.15) is 5.82 Å². The average molecular weight is 483 g/mol. The number of ether oxygens (including phenoxy) is 2. The standard InChI is InChI=1S/C26H38N6O3/c1-19-13-22(8-7-20-17-32(18-20)26(33)27-2)30-24(29-19)15-21-14-23(25(34-3)28-16-21)35-12-6-11-31-9-4-5-10-31/h13-14,16,20H,4-12,15,17-18H2,1-3H3,(H,27,33). The molecule has 2 aliphatic heterocycles. The van der Waals surface area contributed by atoms with E-state index in [1.807, 2.05) is 24.1 Å². The number of hydrogen-bond donors (Lipinski definition) is 1. The van der Waals surface area contributed by atoms with E-state index in [2.05, 4.69) is 26.3 Å². The Morgan fingerprint density at radius 3 is 2.74 bits per heavy atom. The molecule has 190 valence electrons. The van der Waals surface area contributed by atoms with Gasteiger partial charge in [0, 0.05) is 50.7 Å². The van der Waals surface area contributed by atoms with Crippen molar-refractivity contribution >= 4 is 6.03 Å². The van der Waals surface area contributed by atoms with Crippen LogP contribution in [0.25, 0.3) is 0 Å². The zero-order valence-electron chi connectivity index (χ0n) is 21.3. The van der Waals surface area contributed by atoms with E-state index in [1.165, 1.54) is 25.9 Å². The quantitative estimate of drug-likeness (QED) is 0.492. The van der Waals surface area contributed by atoms with Crippen LogP contribution in [-0.2, 0) is 12.8 Å². The molecular formula is C26H38N6O3. The summed E-state index contributed by atoms with van der Waals surface area (Å²) >= 11 is 0. The lowest BCUT2D eigenvalue weighted by Gasteiger charge is -2.38. The average Bonchev–Trinajstić information content (AvgIpc) is 3.34. The lowest BCUT2D eigenvalue weighted by molar-refractivity contribution is 0.117. The van der Waals surface area contributed by atoms with Crippen molar-refractivity contribution in [2.75, 3.05) is 53.5 Å². The summed E-state index contributed by atoms with van der Waals surface area (Å²) in [6.07, 6.45) is 7.89. The van der Waals surface area contributed by atoms with Gasteiger partial charge in [0.05, 0.1) is 13.7 Å². The molecule has 9 heteroatoms. The molecule has 2 aromatic heterocycles. The van der Waals surface area contributed by atoms with Gasteiger partial charge >= 0.3 is 6.03 Å². The van der Waals surface area contributed by atoms with Crippen molar-refractivity contribution in [3.05, 3.63) is 41.1 Å². The molecule has 4 heterocycles. The lowest BCUT2D eigenvalue weighted by Crippen LogP contribution is -2.53. The van der Waals surface area contributed by atoms with Crippen LogP contribution in [0.2, 0.25) is 0 Å². The molecule has 0 bridgehead atoms.